The highest BCUT2D eigenvalue weighted by Crippen LogP contribution is 2.35. The van der Waals surface area contributed by atoms with Crippen LogP contribution in [0.4, 0.5) is 0 Å². The number of benzene rings is 1. The van der Waals surface area contributed by atoms with Crippen molar-refractivity contribution in [3.8, 4) is 5.75 Å². The third kappa shape index (κ3) is 3.75. The zero-order valence-corrected chi connectivity index (χ0v) is 15.1. The second-order valence-electron chi connectivity index (χ2n) is 7.40. The van der Waals surface area contributed by atoms with Crippen molar-refractivity contribution in [2.45, 2.75) is 51.9 Å². The quantitative estimate of drug-likeness (QED) is 0.878. The minimum Gasteiger partial charge on any atom is -0.496 e. The fraction of sp³-hybridized carbons (Fsp3) is 0.526. The van der Waals surface area contributed by atoms with Crippen LogP contribution >= 0.6 is 0 Å². The van der Waals surface area contributed by atoms with Crippen LogP contribution in [-0.4, -0.2) is 23.9 Å². The molecule has 0 aliphatic carbocycles. The maximum atomic E-state index is 6.10. The van der Waals surface area contributed by atoms with Gasteiger partial charge in [-0.3, -0.25) is 5.10 Å². The molecule has 2 aromatic rings. The summed E-state index contributed by atoms with van der Waals surface area (Å²) in [6, 6.07) is 8.50. The summed E-state index contributed by atoms with van der Waals surface area (Å²) in [5.41, 5.74) is 10.7. The predicted molar refractivity (Wildman–Crippen MR) is 95.3 cm³/mol. The Kier molecular flexibility index (Phi) is 5.15. The van der Waals surface area contributed by atoms with E-state index < -0.39 is 0 Å². The zero-order chi connectivity index (χ0) is 17.2. The number of hydrogen-bond donors (Lipinski definition) is 2. The molecule has 0 fully saturated rings. The number of rotatable bonds is 5. The fourth-order valence-corrected chi connectivity index (χ4v) is 2.72. The van der Waals surface area contributed by atoms with Crippen molar-refractivity contribution in [2.75, 3.05) is 13.7 Å². The molecule has 1 unspecified atom stereocenters. The molecule has 0 radical (unpaired) electrons. The topological polar surface area (TPSA) is 63.9 Å². The molecule has 0 spiro atoms. The highest BCUT2D eigenvalue weighted by Gasteiger charge is 2.23. The summed E-state index contributed by atoms with van der Waals surface area (Å²) >= 11 is 0. The van der Waals surface area contributed by atoms with Crippen LogP contribution in [0.5, 0.6) is 5.75 Å². The van der Waals surface area contributed by atoms with Gasteiger partial charge in [0, 0.05) is 23.7 Å². The highest BCUT2D eigenvalue weighted by atomic mass is 16.5. The van der Waals surface area contributed by atoms with Crippen LogP contribution in [0.3, 0.4) is 0 Å². The van der Waals surface area contributed by atoms with E-state index >= 15 is 0 Å². The molecule has 1 aromatic carbocycles. The highest BCUT2D eigenvalue weighted by molar-refractivity contribution is 5.45. The molecule has 0 aliphatic heterocycles. The van der Waals surface area contributed by atoms with E-state index in [4.69, 9.17) is 10.5 Å². The summed E-state index contributed by atoms with van der Waals surface area (Å²) in [4.78, 5) is 0. The number of H-pyrrole nitrogens is 1. The lowest BCUT2D eigenvalue weighted by molar-refractivity contribution is 0.406. The van der Waals surface area contributed by atoms with Gasteiger partial charge in [-0.25, -0.2) is 0 Å². The average molecular weight is 315 g/mol. The van der Waals surface area contributed by atoms with Gasteiger partial charge >= 0.3 is 0 Å². The minimum absolute atomic E-state index is 0.0484. The van der Waals surface area contributed by atoms with Crippen molar-refractivity contribution < 1.29 is 4.74 Å². The van der Waals surface area contributed by atoms with Crippen molar-refractivity contribution in [1.29, 1.82) is 0 Å². The van der Waals surface area contributed by atoms with Crippen LogP contribution in [0, 0.1) is 0 Å². The standard InChI is InChI=1S/C19H29N3O/c1-12(2)16-10-17(22-21-16)15(11-20)14-9-13(19(3,4)5)7-8-18(14)23-6/h7-10,12,15H,11,20H2,1-6H3,(H,21,22). The lowest BCUT2D eigenvalue weighted by Gasteiger charge is -2.23. The van der Waals surface area contributed by atoms with Gasteiger partial charge in [-0.05, 0) is 29.0 Å². The summed E-state index contributed by atoms with van der Waals surface area (Å²) in [7, 11) is 1.70. The number of nitrogens with two attached hydrogens (primary N) is 1. The van der Waals surface area contributed by atoms with E-state index in [2.05, 4.69) is 63.0 Å². The van der Waals surface area contributed by atoms with Crippen molar-refractivity contribution in [1.82, 2.24) is 10.2 Å². The number of aromatic nitrogens is 2. The third-order valence-electron chi connectivity index (χ3n) is 4.29. The van der Waals surface area contributed by atoms with Gasteiger partial charge < -0.3 is 10.5 Å². The Morgan fingerprint density at radius 3 is 2.39 bits per heavy atom. The Morgan fingerprint density at radius 2 is 1.91 bits per heavy atom. The lowest BCUT2D eigenvalue weighted by Crippen LogP contribution is -2.17. The molecule has 0 saturated heterocycles. The summed E-state index contributed by atoms with van der Waals surface area (Å²) in [5.74, 6) is 1.31. The molecule has 1 aromatic heterocycles. The largest absolute Gasteiger partial charge is 0.496 e. The minimum atomic E-state index is 0.0484. The van der Waals surface area contributed by atoms with E-state index in [1.54, 1.807) is 7.11 Å². The van der Waals surface area contributed by atoms with Crippen LogP contribution in [-0.2, 0) is 5.41 Å². The van der Waals surface area contributed by atoms with Crippen LogP contribution in [0.15, 0.2) is 24.3 Å². The Morgan fingerprint density at radius 1 is 1.22 bits per heavy atom. The first-order chi connectivity index (χ1) is 10.8. The Hall–Kier alpha value is -1.81. The lowest BCUT2D eigenvalue weighted by atomic mass is 9.83. The van der Waals surface area contributed by atoms with Gasteiger partial charge in [0.1, 0.15) is 5.75 Å². The zero-order valence-electron chi connectivity index (χ0n) is 15.1. The number of aromatic amines is 1. The SMILES string of the molecule is COc1ccc(C(C)(C)C)cc1C(CN)c1cc(C(C)C)n[nH]1. The predicted octanol–water partition coefficient (Wildman–Crippen LogP) is 3.93. The van der Waals surface area contributed by atoms with Gasteiger partial charge in [0.15, 0.2) is 0 Å². The van der Waals surface area contributed by atoms with Crippen molar-refractivity contribution in [3.63, 3.8) is 0 Å². The van der Waals surface area contributed by atoms with Crippen LogP contribution in [0.2, 0.25) is 0 Å². The smallest absolute Gasteiger partial charge is 0.122 e. The average Bonchev–Trinajstić information content (AvgIpc) is 2.97. The molecule has 4 heteroatoms. The monoisotopic (exact) mass is 315 g/mol. The van der Waals surface area contributed by atoms with Crippen molar-refractivity contribution in [2.24, 2.45) is 5.73 Å². The molecule has 0 bridgehead atoms. The molecule has 4 nitrogen and oxygen atoms in total. The van der Waals surface area contributed by atoms with Gasteiger partial charge in [-0.2, -0.15) is 5.10 Å². The maximum Gasteiger partial charge on any atom is 0.122 e. The van der Waals surface area contributed by atoms with Crippen LogP contribution in [0.1, 0.15) is 69.0 Å². The first-order valence-electron chi connectivity index (χ1n) is 8.21. The molecule has 3 N–H and O–H groups in total. The van der Waals surface area contributed by atoms with Crippen LogP contribution in [0.25, 0.3) is 0 Å². The van der Waals surface area contributed by atoms with Gasteiger partial charge in [0.2, 0.25) is 0 Å². The first-order valence-corrected chi connectivity index (χ1v) is 8.21. The molecule has 2 rings (SSSR count). The molecular weight excluding hydrogens is 286 g/mol. The van der Waals surface area contributed by atoms with E-state index in [9.17, 15) is 0 Å². The summed E-state index contributed by atoms with van der Waals surface area (Å²) in [5, 5.41) is 7.58. The van der Waals surface area contributed by atoms with Crippen molar-refractivity contribution >= 4 is 0 Å². The van der Waals surface area contributed by atoms with Gasteiger partial charge in [-0.15, -0.1) is 0 Å². The first kappa shape index (κ1) is 17.5. The number of hydrogen-bond acceptors (Lipinski definition) is 3. The molecule has 1 atom stereocenters. The van der Waals surface area contributed by atoms with Crippen molar-refractivity contribution in [3.05, 3.63) is 46.8 Å². The molecule has 1 heterocycles. The molecular formula is C19H29N3O. The molecule has 0 amide bonds. The fourth-order valence-electron chi connectivity index (χ4n) is 2.72. The molecule has 0 aliphatic rings. The van der Waals surface area contributed by atoms with E-state index in [-0.39, 0.29) is 11.3 Å². The third-order valence-corrected chi connectivity index (χ3v) is 4.29. The maximum absolute atomic E-state index is 6.10. The summed E-state index contributed by atoms with van der Waals surface area (Å²) in [6.07, 6.45) is 0. The van der Waals surface area contributed by atoms with E-state index in [0.717, 1.165) is 22.7 Å². The number of methoxy groups -OCH3 is 1. The van der Waals surface area contributed by atoms with Gasteiger partial charge in [0.05, 0.1) is 12.8 Å². The van der Waals surface area contributed by atoms with Gasteiger partial charge in [-0.1, -0.05) is 46.8 Å². The molecule has 0 saturated carbocycles. The number of ether oxygens (including phenoxy) is 1. The summed E-state index contributed by atoms with van der Waals surface area (Å²) < 4.78 is 5.58. The Balaban J connectivity index is 2.50. The molecule has 126 valence electrons. The number of nitrogens with zero attached hydrogens (tertiary/aromatic N) is 1. The number of nitrogens with one attached hydrogen (secondary N) is 1. The Bertz CT molecular complexity index is 653. The van der Waals surface area contributed by atoms with E-state index in [0.29, 0.717) is 12.5 Å². The molecule has 23 heavy (non-hydrogen) atoms. The van der Waals surface area contributed by atoms with Crippen LogP contribution < -0.4 is 10.5 Å². The van der Waals surface area contributed by atoms with E-state index in [1.165, 1.54) is 5.56 Å². The second kappa shape index (κ2) is 6.75. The second-order valence-corrected chi connectivity index (χ2v) is 7.40. The normalized spacial score (nSPS) is 13.4. The summed E-state index contributed by atoms with van der Waals surface area (Å²) in [6.45, 7) is 11.4. The van der Waals surface area contributed by atoms with Gasteiger partial charge in [0.25, 0.3) is 0 Å². The van der Waals surface area contributed by atoms with E-state index in [1.807, 2.05) is 6.07 Å². The Labute approximate surface area is 139 Å².